The summed E-state index contributed by atoms with van der Waals surface area (Å²) >= 11 is 0. The highest BCUT2D eigenvalue weighted by Crippen LogP contribution is 2.06. The van der Waals surface area contributed by atoms with E-state index >= 15 is 0 Å². The topological polar surface area (TPSA) is 87.7 Å². The maximum Gasteiger partial charge on any atom is 0.326 e. The molecular weight excluding hydrogens is 224 g/mol. The molecule has 0 rings (SSSR count). The number of carboxylic acids is 1. The van der Waals surface area contributed by atoms with E-state index in [0.717, 1.165) is 0 Å². The average Bonchev–Trinajstić information content (AvgIpc) is 2.22. The lowest BCUT2D eigenvalue weighted by Gasteiger charge is -2.25. The average molecular weight is 246 g/mol. The summed E-state index contributed by atoms with van der Waals surface area (Å²) in [6, 6.07) is -1.35. The predicted molar refractivity (Wildman–Crippen MR) is 64.0 cm³/mol. The second kappa shape index (κ2) is 7.11. The van der Waals surface area contributed by atoms with Crippen molar-refractivity contribution in [1.29, 1.82) is 0 Å². The highest BCUT2D eigenvalue weighted by atomic mass is 16.5. The summed E-state index contributed by atoms with van der Waals surface area (Å²) in [5.74, 6) is -1.04. The van der Waals surface area contributed by atoms with E-state index in [-0.39, 0.29) is 0 Å². The van der Waals surface area contributed by atoms with Gasteiger partial charge in [0.15, 0.2) is 0 Å². The summed E-state index contributed by atoms with van der Waals surface area (Å²) in [4.78, 5) is 22.1. The van der Waals surface area contributed by atoms with E-state index in [1.807, 2.05) is 20.8 Å². The fourth-order valence-corrected chi connectivity index (χ4v) is 1.28. The molecule has 0 aromatic carbocycles. The summed E-state index contributed by atoms with van der Waals surface area (Å²) in [6.45, 7) is 8.16. The lowest BCUT2D eigenvalue weighted by atomic mass is 10.1. The second-order valence-electron chi connectivity index (χ2n) is 4.32. The smallest absolute Gasteiger partial charge is 0.326 e. The molecule has 3 N–H and O–H groups in total. The van der Waals surface area contributed by atoms with Crippen molar-refractivity contribution in [1.82, 2.24) is 10.6 Å². The molecule has 6 nitrogen and oxygen atoms in total. The first-order valence-electron chi connectivity index (χ1n) is 5.73. The number of carboxylic acid groups (broad SMARTS) is 1. The summed E-state index contributed by atoms with van der Waals surface area (Å²) in [5.41, 5.74) is -0.461. The van der Waals surface area contributed by atoms with E-state index < -0.39 is 23.6 Å². The first-order chi connectivity index (χ1) is 7.82. The van der Waals surface area contributed by atoms with Crippen molar-refractivity contribution in [3.8, 4) is 0 Å². The van der Waals surface area contributed by atoms with Crippen LogP contribution in [0.2, 0.25) is 0 Å². The van der Waals surface area contributed by atoms with E-state index in [1.54, 1.807) is 6.92 Å². The Morgan fingerprint density at radius 3 is 2.35 bits per heavy atom. The van der Waals surface area contributed by atoms with E-state index in [4.69, 9.17) is 9.84 Å². The fraction of sp³-hybridized carbons (Fsp3) is 0.818. The largest absolute Gasteiger partial charge is 0.480 e. The number of urea groups is 1. The van der Waals surface area contributed by atoms with Crippen molar-refractivity contribution in [3.05, 3.63) is 0 Å². The number of rotatable bonds is 7. The van der Waals surface area contributed by atoms with Crippen molar-refractivity contribution in [2.45, 2.75) is 45.8 Å². The molecule has 0 aliphatic carbocycles. The van der Waals surface area contributed by atoms with E-state index in [9.17, 15) is 9.59 Å². The monoisotopic (exact) mass is 246 g/mol. The second-order valence-corrected chi connectivity index (χ2v) is 4.32. The molecule has 1 atom stereocenters. The molecule has 6 heteroatoms. The molecular formula is C11H22N2O4. The van der Waals surface area contributed by atoms with Gasteiger partial charge in [0.2, 0.25) is 0 Å². The highest BCUT2D eigenvalue weighted by Gasteiger charge is 2.21. The maximum absolute atomic E-state index is 11.4. The molecule has 17 heavy (non-hydrogen) atoms. The SMILES string of the molecule is CCOC(C)(C)CNC(=O)N[C@H](CC)C(=O)O. The summed E-state index contributed by atoms with van der Waals surface area (Å²) in [5, 5.41) is 13.7. The minimum absolute atomic E-state index is 0.322. The van der Waals surface area contributed by atoms with Crippen LogP contribution in [0.1, 0.15) is 34.1 Å². The Bertz CT molecular complexity index is 266. The maximum atomic E-state index is 11.4. The molecule has 100 valence electrons. The lowest BCUT2D eigenvalue weighted by Crippen LogP contribution is -2.49. The van der Waals surface area contributed by atoms with Crippen LogP contribution in [-0.2, 0) is 9.53 Å². The molecule has 0 radical (unpaired) electrons. The van der Waals surface area contributed by atoms with Gasteiger partial charge in [0.1, 0.15) is 6.04 Å². The van der Waals surface area contributed by atoms with Crippen molar-refractivity contribution >= 4 is 12.0 Å². The van der Waals surface area contributed by atoms with E-state index in [2.05, 4.69) is 10.6 Å². The van der Waals surface area contributed by atoms with Crippen LogP contribution in [0.5, 0.6) is 0 Å². The molecule has 0 bridgehead atoms. The lowest BCUT2D eigenvalue weighted by molar-refractivity contribution is -0.139. The summed E-state index contributed by atoms with van der Waals surface area (Å²) in [6.07, 6.45) is 0.345. The molecule has 0 spiro atoms. The van der Waals surface area contributed by atoms with Gasteiger partial charge in [-0.3, -0.25) is 0 Å². The van der Waals surface area contributed by atoms with Gasteiger partial charge >= 0.3 is 12.0 Å². The Morgan fingerprint density at radius 1 is 1.35 bits per heavy atom. The van der Waals surface area contributed by atoms with Crippen LogP contribution < -0.4 is 10.6 Å². The molecule has 0 heterocycles. The van der Waals surface area contributed by atoms with E-state index in [1.165, 1.54) is 0 Å². The third-order valence-electron chi connectivity index (χ3n) is 2.22. The van der Waals surface area contributed by atoms with Gasteiger partial charge < -0.3 is 20.5 Å². The Balaban J connectivity index is 4.06. The first kappa shape index (κ1) is 15.7. The van der Waals surface area contributed by atoms with Crippen LogP contribution >= 0.6 is 0 Å². The van der Waals surface area contributed by atoms with Gasteiger partial charge in [-0.25, -0.2) is 9.59 Å². The van der Waals surface area contributed by atoms with Crippen molar-refractivity contribution in [2.24, 2.45) is 0 Å². The minimum Gasteiger partial charge on any atom is -0.480 e. The number of amides is 2. The van der Waals surface area contributed by atoms with Crippen LogP contribution in [0.3, 0.4) is 0 Å². The van der Waals surface area contributed by atoms with Gasteiger partial charge in [-0.1, -0.05) is 6.92 Å². The van der Waals surface area contributed by atoms with Crippen molar-refractivity contribution < 1.29 is 19.4 Å². The molecule has 0 aliphatic heterocycles. The zero-order valence-corrected chi connectivity index (χ0v) is 10.9. The molecule has 0 aromatic heterocycles. The molecule has 0 saturated carbocycles. The molecule has 0 saturated heterocycles. The standard InChI is InChI=1S/C11H22N2O4/c1-5-8(9(14)15)13-10(16)12-7-11(3,4)17-6-2/h8H,5-7H2,1-4H3,(H,14,15)(H2,12,13,16)/t8-/m1/s1. The third kappa shape index (κ3) is 6.78. The van der Waals surface area contributed by atoms with Crippen LogP contribution in [0, 0.1) is 0 Å². The fourth-order valence-electron chi connectivity index (χ4n) is 1.28. The summed E-state index contributed by atoms with van der Waals surface area (Å²) < 4.78 is 5.40. The first-order valence-corrected chi connectivity index (χ1v) is 5.73. The zero-order chi connectivity index (χ0) is 13.5. The number of ether oxygens (including phenoxy) is 1. The van der Waals surface area contributed by atoms with Crippen LogP contribution in [-0.4, -0.2) is 41.9 Å². The third-order valence-corrected chi connectivity index (χ3v) is 2.22. The number of hydrogen-bond donors (Lipinski definition) is 3. The minimum atomic E-state index is -1.04. The molecule has 0 unspecified atom stereocenters. The summed E-state index contributed by atoms with van der Waals surface area (Å²) in [7, 11) is 0. The van der Waals surface area contributed by atoms with Gasteiger partial charge in [0.05, 0.1) is 5.60 Å². The quantitative estimate of drug-likeness (QED) is 0.624. The van der Waals surface area contributed by atoms with Gasteiger partial charge in [-0.15, -0.1) is 0 Å². The van der Waals surface area contributed by atoms with Gasteiger partial charge in [0.25, 0.3) is 0 Å². The Morgan fingerprint density at radius 2 is 1.94 bits per heavy atom. The van der Waals surface area contributed by atoms with Crippen LogP contribution in [0.4, 0.5) is 4.79 Å². The van der Waals surface area contributed by atoms with Crippen LogP contribution in [0.15, 0.2) is 0 Å². The Kier molecular flexibility index (Phi) is 6.57. The Hall–Kier alpha value is -1.30. The molecule has 0 aliphatic rings. The van der Waals surface area contributed by atoms with Crippen molar-refractivity contribution in [2.75, 3.05) is 13.2 Å². The molecule has 0 aromatic rings. The van der Waals surface area contributed by atoms with E-state index in [0.29, 0.717) is 19.6 Å². The van der Waals surface area contributed by atoms with Crippen LogP contribution in [0.25, 0.3) is 0 Å². The number of carbonyl (C=O) groups is 2. The van der Waals surface area contributed by atoms with Gasteiger partial charge in [-0.05, 0) is 27.2 Å². The number of hydrogen-bond acceptors (Lipinski definition) is 3. The number of aliphatic carboxylic acids is 1. The Labute approximate surface area is 102 Å². The number of carbonyl (C=O) groups excluding carboxylic acids is 1. The number of nitrogens with one attached hydrogen (secondary N) is 2. The molecule has 0 fully saturated rings. The van der Waals surface area contributed by atoms with Gasteiger partial charge in [-0.2, -0.15) is 0 Å². The zero-order valence-electron chi connectivity index (χ0n) is 10.9. The highest BCUT2D eigenvalue weighted by molar-refractivity contribution is 5.82. The normalized spacial score (nSPS) is 12.9. The van der Waals surface area contributed by atoms with Gasteiger partial charge in [0, 0.05) is 13.2 Å². The van der Waals surface area contributed by atoms with Crippen molar-refractivity contribution in [3.63, 3.8) is 0 Å². The molecule has 2 amide bonds. The predicted octanol–water partition coefficient (Wildman–Crippen LogP) is 0.964.